The first kappa shape index (κ1) is 9.22. The van der Waals surface area contributed by atoms with Gasteiger partial charge in [0.2, 0.25) is 0 Å². The summed E-state index contributed by atoms with van der Waals surface area (Å²) >= 11 is 0. The maximum atomic E-state index is 6.09. The number of para-hydroxylation sites is 1. The van der Waals surface area contributed by atoms with E-state index in [9.17, 15) is 0 Å². The number of nitrogens with two attached hydrogens (primary N) is 1. The molecule has 0 radical (unpaired) electrons. The number of benzene rings is 1. The van der Waals surface area contributed by atoms with E-state index in [1.807, 2.05) is 6.07 Å². The van der Waals surface area contributed by atoms with Crippen LogP contribution in [0.15, 0.2) is 24.3 Å². The molecule has 0 aromatic heterocycles. The van der Waals surface area contributed by atoms with Crippen LogP contribution in [0.25, 0.3) is 0 Å². The second-order valence-electron chi connectivity index (χ2n) is 5.19. The summed E-state index contributed by atoms with van der Waals surface area (Å²) < 4.78 is 6.08. The summed E-state index contributed by atoms with van der Waals surface area (Å²) in [6, 6.07) is 8.68. The molecule has 1 aromatic rings. The highest BCUT2D eigenvalue weighted by Crippen LogP contribution is 2.47. The van der Waals surface area contributed by atoms with E-state index < -0.39 is 0 Å². The van der Waals surface area contributed by atoms with Crippen molar-refractivity contribution in [3.63, 3.8) is 0 Å². The van der Waals surface area contributed by atoms with E-state index in [-0.39, 0.29) is 5.60 Å². The quantitative estimate of drug-likeness (QED) is 0.703. The smallest absolute Gasteiger partial charge is 0.123 e. The van der Waals surface area contributed by atoms with Gasteiger partial charge >= 0.3 is 0 Å². The first-order chi connectivity index (χ1) is 7.16. The van der Waals surface area contributed by atoms with E-state index in [1.165, 1.54) is 5.56 Å². The Morgan fingerprint density at radius 3 is 3.00 bits per heavy atom. The lowest BCUT2D eigenvalue weighted by atomic mass is 9.72. The van der Waals surface area contributed by atoms with Gasteiger partial charge in [0.05, 0.1) is 0 Å². The number of hydrogen-bond donors (Lipinski definition) is 1. The van der Waals surface area contributed by atoms with Crippen LogP contribution in [0.1, 0.15) is 37.7 Å². The fraction of sp³-hybridized carbons (Fsp3) is 0.538. The number of hydrogen-bond acceptors (Lipinski definition) is 2. The van der Waals surface area contributed by atoms with Gasteiger partial charge in [-0.3, -0.25) is 0 Å². The summed E-state index contributed by atoms with van der Waals surface area (Å²) in [6.45, 7) is 2.19. The largest absolute Gasteiger partial charge is 0.487 e. The molecule has 1 aromatic carbocycles. The topological polar surface area (TPSA) is 35.2 Å². The van der Waals surface area contributed by atoms with Crippen LogP contribution >= 0.6 is 0 Å². The first-order valence-corrected chi connectivity index (χ1v) is 5.70. The summed E-state index contributed by atoms with van der Waals surface area (Å²) in [7, 11) is 0. The van der Waals surface area contributed by atoms with Crippen molar-refractivity contribution in [1.82, 2.24) is 0 Å². The summed E-state index contributed by atoms with van der Waals surface area (Å²) in [4.78, 5) is 0. The van der Waals surface area contributed by atoms with Crippen molar-refractivity contribution in [1.29, 1.82) is 0 Å². The third kappa shape index (κ3) is 1.44. The second-order valence-corrected chi connectivity index (χ2v) is 5.19. The molecule has 1 aliphatic heterocycles. The van der Waals surface area contributed by atoms with Gasteiger partial charge in [0, 0.05) is 12.5 Å². The van der Waals surface area contributed by atoms with Crippen molar-refractivity contribution < 1.29 is 4.74 Å². The fourth-order valence-electron chi connectivity index (χ4n) is 3.19. The average Bonchev–Trinajstić information content (AvgIpc) is 2.15. The number of rotatable bonds is 0. The molecule has 1 saturated carbocycles. The van der Waals surface area contributed by atoms with Crippen molar-refractivity contribution in [2.45, 2.75) is 43.7 Å². The third-order valence-electron chi connectivity index (χ3n) is 3.67. The van der Waals surface area contributed by atoms with Crippen molar-refractivity contribution in [2.24, 2.45) is 5.73 Å². The molecule has 2 heteroatoms. The van der Waals surface area contributed by atoms with Crippen molar-refractivity contribution in [3.8, 4) is 5.75 Å². The molecule has 3 rings (SSSR count). The molecule has 1 heterocycles. The van der Waals surface area contributed by atoms with Gasteiger partial charge in [-0.05, 0) is 37.3 Å². The molecule has 3 atom stereocenters. The molecule has 1 aliphatic carbocycles. The molecule has 0 saturated heterocycles. The molecule has 2 nitrogen and oxygen atoms in total. The van der Waals surface area contributed by atoms with Gasteiger partial charge in [-0.2, -0.15) is 0 Å². The van der Waals surface area contributed by atoms with Crippen LogP contribution in [0.3, 0.4) is 0 Å². The molecule has 15 heavy (non-hydrogen) atoms. The van der Waals surface area contributed by atoms with E-state index in [4.69, 9.17) is 10.5 Å². The standard InChI is InChI=1S/C13H17NO/c1-13-7-9(6-10(14)8-13)11-4-2-3-5-12(11)15-13/h2-5,9-10H,6-8,14H2,1H3. The van der Waals surface area contributed by atoms with E-state index in [0.717, 1.165) is 25.0 Å². The Bertz CT molecular complexity index is 390. The molecule has 3 unspecified atom stereocenters. The first-order valence-electron chi connectivity index (χ1n) is 5.70. The Kier molecular flexibility index (Phi) is 1.84. The molecule has 2 N–H and O–H groups in total. The lowest BCUT2D eigenvalue weighted by Crippen LogP contribution is -2.48. The predicted molar refractivity (Wildman–Crippen MR) is 60.0 cm³/mol. The highest BCUT2D eigenvalue weighted by atomic mass is 16.5. The summed E-state index contributed by atoms with van der Waals surface area (Å²) in [5.74, 6) is 1.67. The lowest BCUT2D eigenvalue weighted by molar-refractivity contribution is 0.0137. The summed E-state index contributed by atoms with van der Waals surface area (Å²) in [5, 5.41) is 0. The second kappa shape index (κ2) is 2.99. The van der Waals surface area contributed by atoms with Crippen molar-refractivity contribution >= 4 is 0 Å². The molecular weight excluding hydrogens is 186 g/mol. The highest BCUT2D eigenvalue weighted by Gasteiger charge is 2.42. The summed E-state index contributed by atoms with van der Waals surface area (Å²) in [5.41, 5.74) is 7.41. The molecule has 2 aliphatic rings. The van der Waals surface area contributed by atoms with Gasteiger partial charge < -0.3 is 10.5 Å². The van der Waals surface area contributed by atoms with Crippen LogP contribution in [-0.4, -0.2) is 11.6 Å². The summed E-state index contributed by atoms with van der Waals surface area (Å²) in [6.07, 6.45) is 3.21. The van der Waals surface area contributed by atoms with Gasteiger partial charge in [0.15, 0.2) is 0 Å². The molecule has 2 bridgehead atoms. The van der Waals surface area contributed by atoms with Crippen molar-refractivity contribution in [3.05, 3.63) is 29.8 Å². The van der Waals surface area contributed by atoms with E-state index in [2.05, 4.69) is 25.1 Å². The van der Waals surface area contributed by atoms with Crippen LogP contribution < -0.4 is 10.5 Å². The minimum Gasteiger partial charge on any atom is -0.487 e. The Balaban J connectivity index is 2.06. The van der Waals surface area contributed by atoms with Gasteiger partial charge in [-0.25, -0.2) is 0 Å². The van der Waals surface area contributed by atoms with Gasteiger partial charge in [0.1, 0.15) is 11.4 Å². The molecule has 0 spiro atoms. The maximum absolute atomic E-state index is 6.09. The van der Waals surface area contributed by atoms with Gasteiger partial charge in [0.25, 0.3) is 0 Å². The minimum absolute atomic E-state index is 0.0311. The zero-order valence-electron chi connectivity index (χ0n) is 9.07. The Morgan fingerprint density at radius 1 is 1.33 bits per heavy atom. The molecule has 80 valence electrons. The van der Waals surface area contributed by atoms with Gasteiger partial charge in [-0.15, -0.1) is 0 Å². The number of ether oxygens (including phenoxy) is 1. The maximum Gasteiger partial charge on any atom is 0.123 e. The normalized spacial score (nSPS) is 38.0. The average molecular weight is 203 g/mol. The SMILES string of the molecule is CC12CC(N)CC(C1)c1ccccc1O2. The minimum atomic E-state index is -0.0311. The molecular formula is C13H17NO. The fourth-order valence-corrected chi connectivity index (χ4v) is 3.19. The predicted octanol–water partition coefficient (Wildman–Crippen LogP) is 2.43. The monoisotopic (exact) mass is 203 g/mol. The van der Waals surface area contributed by atoms with Crippen molar-refractivity contribution in [2.75, 3.05) is 0 Å². The highest BCUT2D eigenvalue weighted by molar-refractivity contribution is 5.40. The Labute approximate surface area is 90.4 Å². The van der Waals surface area contributed by atoms with Crippen LogP contribution in [0.5, 0.6) is 5.75 Å². The van der Waals surface area contributed by atoms with Crippen LogP contribution in [-0.2, 0) is 0 Å². The van der Waals surface area contributed by atoms with E-state index >= 15 is 0 Å². The zero-order valence-corrected chi connectivity index (χ0v) is 9.07. The van der Waals surface area contributed by atoms with E-state index in [0.29, 0.717) is 12.0 Å². The van der Waals surface area contributed by atoms with Gasteiger partial charge in [-0.1, -0.05) is 18.2 Å². The third-order valence-corrected chi connectivity index (χ3v) is 3.67. The lowest BCUT2D eigenvalue weighted by Gasteiger charge is -2.46. The van der Waals surface area contributed by atoms with Crippen LogP contribution in [0.2, 0.25) is 0 Å². The Hall–Kier alpha value is -1.02. The Morgan fingerprint density at radius 2 is 2.13 bits per heavy atom. The molecule has 0 amide bonds. The molecule has 1 fully saturated rings. The zero-order chi connectivity index (χ0) is 10.5. The van der Waals surface area contributed by atoms with Crippen LogP contribution in [0.4, 0.5) is 0 Å². The number of fused-ring (bicyclic) bond motifs is 4. The van der Waals surface area contributed by atoms with Crippen LogP contribution in [0, 0.1) is 0 Å². The van der Waals surface area contributed by atoms with E-state index in [1.54, 1.807) is 0 Å².